The van der Waals surface area contributed by atoms with Crippen molar-refractivity contribution in [2.45, 2.75) is 32.2 Å². The third-order valence-corrected chi connectivity index (χ3v) is 4.06. The van der Waals surface area contributed by atoms with Crippen LogP contribution in [0, 0.1) is 5.92 Å². The van der Waals surface area contributed by atoms with Crippen LogP contribution in [-0.2, 0) is 4.79 Å². The highest BCUT2D eigenvalue weighted by molar-refractivity contribution is 5.94. The van der Waals surface area contributed by atoms with E-state index in [0.29, 0.717) is 5.92 Å². The maximum Gasteiger partial charge on any atom is 0.241 e. The molecule has 0 aliphatic carbocycles. The molecular formula is C16H24N2O2. The number of para-hydroxylation sites is 1. The predicted molar refractivity (Wildman–Crippen MR) is 80.5 cm³/mol. The molecule has 0 spiro atoms. The fraction of sp³-hybridized carbons (Fsp3) is 0.562. The summed E-state index contributed by atoms with van der Waals surface area (Å²) in [5, 5.41) is 12.0. The zero-order valence-electron chi connectivity index (χ0n) is 12.1. The summed E-state index contributed by atoms with van der Waals surface area (Å²) in [4.78, 5) is 14.5. The molecule has 4 heteroatoms. The van der Waals surface area contributed by atoms with E-state index in [2.05, 4.69) is 10.2 Å². The minimum absolute atomic E-state index is 0.0425. The first-order valence-electron chi connectivity index (χ1n) is 7.41. The molecule has 2 unspecified atom stereocenters. The molecule has 110 valence electrons. The van der Waals surface area contributed by atoms with Crippen LogP contribution >= 0.6 is 0 Å². The molecule has 0 bridgehead atoms. The number of carbonyl (C=O) groups is 1. The SMILES string of the molecule is CC(C(=O)Nc1ccccc1)N1CCCC(CCO)C1. The Morgan fingerprint density at radius 3 is 2.90 bits per heavy atom. The number of amides is 1. The van der Waals surface area contributed by atoms with Gasteiger partial charge in [0.15, 0.2) is 0 Å². The van der Waals surface area contributed by atoms with Gasteiger partial charge in [0.05, 0.1) is 6.04 Å². The number of hydrogen-bond acceptors (Lipinski definition) is 3. The topological polar surface area (TPSA) is 52.6 Å². The van der Waals surface area contributed by atoms with Gasteiger partial charge in [-0.1, -0.05) is 18.2 Å². The molecule has 1 aromatic carbocycles. The van der Waals surface area contributed by atoms with Gasteiger partial charge in [0, 0.05) is 18.8 Å². The Morgan fingerprint density at radius 1 is 1.45 bits per heavy atom. The maximum absolute atomic E-state index is 12.3. The van der Waals surface area contributed by atoms with Crippen molar-refractivity contribution < 1.29 is 9.90 Å². The molecule has 0 saturated carbocycles. The van der Waals surface area contributed by atoms with Gasteiger partial charge in [-0.05, 0) is 50.8 Å². The number of anilines is 1. The van der Waals surface area contributed by atoms with E-state index >= 15 is 0 Å². The number of piperidine rings is 1. The number of nitrogens with zero attached hydrogens (tertiary/aromatic N) is 1. The van der Waals surface area contributed by atoms with E-state index in [1.807, 2.05) is 37.3 Å². The van der Waals surface area contributed by atoms with Gasteiger partial charge < -0.3 is 10.4 Å². The van der Waals surface area contributed by atoms with E-state index in [-0.39, 0.29) is 18.6 Å². The molecule has 1 amide bonds. The van der Waals surface area contributed by atoms with Crippen molar-refractivity contribution in [3.8, 4) is 0 Å². The van der Waals surface area contributed by atoms with Crippen LogP contribution in [-0.4, -0.2) is 41.7 Å². The summed E-state index contributed by atoms with van der Waals surface area (Å²) >= 11 is 0. The third kappa shape index (κ3) is 4.05. The summed E-state index contributed by atoms with van der Waals surface area (Å²) < 4.78 is 0. The summed E-state index contributed by atoms with van der Waals surface area (Å²) in [7, 11) is 0. The largest absolute Gasteiger partial charge is 0.396 e. The zero-order chi connectivity index (χ0) is 14.4. The van der Waals surface area contributed by atoms with Crippen LogP contribution in [0.4, 0.5) is 5.69 Å². The van der Waals surface area contributed by atoms with Crippen LogP contribution in [0.2, 0.25) is 0 Å². The average Bonchev–Trinajstić information content (AvgIpc) is 2.48. The van der Waals surface area contributed by atoms with Gasteiger partial charge in [0.1, 0.15) is 0 Å². The number of hydrogen-bond donors (Lipinski definition) is 2. The number of benzene rings is 1. The number of likely N-dealkylation sites (tertiary alicyclic amines) is 1. The van der Waals surface area contributed by atoms with Crippen LogP contribution in [0.3, 0.4) is 0 Å². The highest BCUT2D eigenvalue weighted by Gasteiger charge is 2.27. The minimum Gasteiger partial charge on any atom is -0.396 e. The van der Waals surface area contributed by atoms with E-state index in [9.17, 15) is 4.79 Å². The number of rotatable bonds is 5. The van der Waals surface area contributed by atoms with Crippen LogP contribution < -0.4 is 5.32 Å². The van der Waals surface area contributed by atoms with Crippen molar-refractivity contribution in [3.63, 3.8) is 0 Å². The second-order valence-electron chi connectivity index (χ2n) is 5.55. The van der Waals surface area contributed by atoms with E-state index in [1.54, 1.807) is 0 Å². The summed E-state index contributed by atoms with van der Waals surface area (Å²) in [5.74, 6) is 0.557. The van der Waals surface area contributed by atoms with E-state index < -0.39 is 0 Å². The van der Waals surface area contributed by atoms with E-state index in [1.165, 1.54) is 0 Å². The van der Waals surface area contributed by atoms with Crippen molar-refractivity contribution in [1.29, 1.82) is 0 Å². The van der Waals surface area contributed by atoms with Gasteiger partial charge in [-0.3, -0.25) is 9.69 Å². The first kappa shape index (κ1) is 15.0. The van der Waals surface area contributed by atoms with Crippen molar-refractivity contribution in [3.05, 3.63) is 30.3 Å². The van der Waals surface area contributed by atoms with Gasteiger partial charge in [0.25, 0.3) is 0 Å². The molecule has 1 aromatic rings. The Kier molecular flexibility index (Phi) is 5.56. The fourth-order valence-electron chi connectivity index (χ4n) is 2.80. The van der Waals surface area contributed by atoms with Gasteiger partial charge >= 0.3 is 0 Å². The molecule has 2 N–H and O–H groups in total. The fourth-order valence-corrected chi connectivity index (χ4v) is 2.80. The van der Waals surface area contributed by atoms with Crippen molar-refractivity contribution in [1.82, 2.24) is 4.90 Å². The van der Waals surface area contributed by atoms with E-state index in [0.717, 1.165) is 38.0 Å². The molecule has 4 nitrogen and oxygen atoms in total. The normalized spacial score (nSPS) is 21.4. The Bertz CT molecular complexity index is 420. The lowest BCUT2D eigenvalue weighted by Gasteiger charge is -2.36. The molecule has 1 aliphatic rings. The van der Waals surface area contributed by atoms with Crippen molar-refractivity contribution in [2.24, 2.45) is 5.92 Å². The Morgan fingerprint density at radius 2 is 2.20 bits per heavy atom. The van der Waals surface area contributed by atoms with Gasteiger partial charge in [0.2, 0.25) is 5.91 Å². The Labute approximate surface area is 120 Å². The quantitative estimate of drug-likeness (QED) is 0.866. The Balaban J connectivity index is 1.89. The number of carbonyl (C=O) groups excluding carboxylic acids is 1. The van der Waals surface area contributed by atoms with Gasteiger partial charge in [-0.15, -0.1) is 0 Å². The van der Waals surface area contributed by atoms with Crippen LogP contribution in [0.1, 0.15) is 26.2 Å². The molecule has 1 saturated heterocycles. The van der Waals surface area contributed by atoms with Crippen molar-refractivity contribution in [2.75, 3.05) is 25.0 Å². The third-order valence-electron chi connectivity index (χ3n) is 4.06. The van der Waals surface area contributed by atoms with Crippen molar-refractivity contribution >= 4 is 11.6 Å². The van der Waals surface area contributed by atoms with Crippen LogP contribution in [0.15, 0.2) is 30.3 Å². The summed E-state index contributed by atoms with van der Waals surface area (Å²) in [6.45, 7) is 4.07. The smallest absolute Gasteiger partial charge is 0.241 e. The monoisotopic (exact) mass is 276 g/mol. The lowest BCUT2D eigenvalue weighted by molar-refractivity contribution is -0.121. The highest BCUT2D eigenvalue weighted by atomic mass is 16.3. The molecule has 2 rings (SSSR count). The molecule has 1 aliphatic heterocycles. The molecule has 1 fully saturated rings. The predicted octanol–water partition coefficient (Wildman–Crippen LogP) is 2.11. The molecule has 2 atom stereocenters. The van der Waals surface area contributed by atoms with Crippen LogP contribution in [0.5, 0.6) is 0 Å². The average molecular weight is 276 g/mol. The lowest BCUT2D eigenvalue weighted by atomic mass is 9.94. The lowest BCUT2D eigenvalue weighted by Crippen LogP contribution is -2.47. The number of nitrogens with one attached hydrogen (secondary N) is 1. The molecule has 1 heterocycles. The summed E-state index contributed by atoms with van der Waals surface area (Å²) in [5.41, 5.74) is 0.841. The van der Waals surface area contributed by atoms with Crippen LogP contribution in [0.25, 0.3) is 0 Å². The first-order valence-corrected chi connectivity index (χ1v) is 7.41. The zero-order valence-corrected chi connectivity index (χ0v) is 12.1. The number of aliphatic hydroxyl groups excluding tert-OH is 1. The first-order chi connectivity index (χ1) is 9.70. The maximum atomic E-state index is 12.3. The van der Waals surface area contributed by atoms with E-state index in [4.69, 9.17) is 5.11 Å². The van der Waals surface area contributed by atoms with Gasteiger partial charge in [-0.2, -0.15) is 0 Å². The molecule has 20 heavy (non-hydrogen) atoms. The second kappa shape index (κ2) is 7.41. The molecule has 0 aromatic heterocycles. The van der Waals surface area contributed by atoms with Gasteiger partial charge in [-0.25, -0.2) is 0 Å². The Hall–Kier alpha value is -1.39. The molecular weight excluding hydrogens is 252 g/mol. The second-order valence-corrected chi connectivity index (χ2v) is 5.55. The molecule has 0 radical (unpaired) electrons. The summed E-state index contributed by atoms with van der Waals surface area (Å²) in [6.07, 6.45) is 3.10. The summed E-state index contributed by atoms with van der Waals surface area (Å²) in [6, 6.07) is 9.43. The minimum atomic E-state index is -0.128. The standard InChI is InChI=1S/C16H24N2O2/c1-13(16(20)17-15-7-3-2-4-8-15)18-10-5-6-14(12-18)9-11-19/h2-4,7-8,13-14,19H,5-6,9-12H2,1H3,(H,17,20). The number of aliphatic hydroxyl groups is 1. The highest BCUT2D eigenvalue weighted by Crippen LogP contribution is 2.21.